The van der Waals surface area contributed by atoms with Crippen molar-refractivity contribution in [3.05, 3.63) is 30.0 Å². The lowest BCUT2D eigenvalue weighted by molar-refractivity contribution is -0.0712. The molecule has 1 saturated heterocycles. The summed E-state index contributed by atoms with van der Waals surface area (Å²) in [6.45, 7) is 4.23. The van der Waals surface area contributed by atoms with Gasteiger partial charge in [0.05, 0.1) is 38.7 Å². The number of β-amino-alcohol motifs (C(OH)–C–C–N with tert-alkyl or cyclic N) is 1. The Kier molecular flexibility index (Phi) is 5.27. The number of fused-ring (bicyclic) bond motifs is 1. The molecule has 0 amide bonds. The van der Waals surface area contributed by atoms with Gasteiger partial charge in [-0.3, -0.25) is 0 Å². The minimum absolute atomic E-state index is 0.00226. The highest BCUT2D eigenvalue weighted by molar-refractivity contribution is 5.81. The summed E-state index contributed by atoms with van der Waals surface area (Å²) >= 11 is 0. The Morgan fingerprint density at radius 2 is 2.14 bits per heavy atom. The Labute approximate surface area is 159 Å². The number of ether oxygens (including phenoxy) is 2. The fourth-order valence-electron chi connectivity index (χ4n) is 2.89. The van der Waals surface area contributed by atoms with Gasteiger partial charge in [-0.1, -0.05) is 0 Å². The van der Waals surface area contributed by atoms with E-state index in [0.717, 1.165) is 0 Å². The molecule has 3 rings (SSSR count). The molecule has 28 heavy (non-hydrogen) atoms. The second-order valence-electron chi connectivity index (χ2n) is 6.16. The molecule has 1 aliphatic rings. The van der Waals surface area contributed by atoms with Gasteiger partial charge in [-0.2, -0.15) is 10.1 Å². The molecule has 1 atom stereocenters. The van der Waals surface area contributed by atoms with E-state index in [1.807, 2.05) is 0 Å². The van der Waals surface area contributed by atoms with Gasteiger partial charge >= 0.3 is 6.02 Å². The van der Waals surface area contributed by atoms with Crippen LogP contribution in [0, 0.1) is 0 Å². The summed E-state index contributed by atoms with van der Waals surface area (Å²) in [4.78, 5) is 13.3. The maximum absolute atomic E-state index is 13.9. The van der Waals surface area contributed by atoms with Crippen LogP contribution in [0.15, 0.2) is 34.3 Å². The van der Waals surface area contributed by atoms with Gasteiger partial charge in [-0.15, -0.1) is 0 Å². The second-order valence-corrected chi connectivity index (χ2v) is 6.16. The molecule has 0 bridgehead atoms. The number of allylic oxidation sites excluding steroid dienone is 1. The van der Waals surface area contributed by atoms with Crippen LogP contribution in [0.5, 0.6) is 0 Å². The van der Waals surface area contributed by atoms with Crippen molar-refractivity contribution in [3.63, 3.8) is 0 Å². The molecule has 150 valence electrons. The van der Waals surface area contributed by atoms with Crippen LogP contribution in [0.3, 0.4) is 0 Å². The van der Waals surface area contributed by atoms with Crippen LogP contribution in [0.25, 0.3) is 11.2 Å². The highest BCUT2D eigenvalue weighted by Gasteiger charge is 2.47. The molecule has 1 N–H and O–H groups in total. The van der Waals surface area contributed by atoms with Crippen LogP contribution in [-0.2, 0) is 9.47 Å². The summed E-state index contributed by atoms with van der Waals surface area (Å²) in [5, 5.41) is 14.1. The van der Waals surface area contributed by atoms with Crippen molar-refractivity contribution in [2.45, 2.75) is 19.0 Å². The number of hydrogen-bond acceptors (Lipinski definition) is 7. The predicted molar refractivity (Wildman–Crippen MR) is 99.7 cm³/mol. The molecule has 1 aliphatic heterocycles. The number of rotatable bonds is 4. The third-order valence-corrected chi connectivity index (χ3v) is 4.38. The summed E-state index contributed by atoms with van der Waals surface area (Å²) in [6.07, 6.45) is 1.36. The molecule has 0 spiro atoms. The van der Waals surface area contributed by atoms with Crippen molar-refractivity contribution in [2.24, 2.45) is 9.98 Å². The molecule has 2 aromatic heterocycles. The van der Waals surface area contributed by atoms with E-state index in [0.29, 0.717) is 22.6 Å². The molecule has 1 fully saturated rings. The third-order valence-electron chi connectivity index (χ3n) is 4.38. The van der Waals surface area contributed by atoms with E-state index >= 15 is 0 Å². The number of imidazole rings is 1. The van der Waals surface area contributed by atoms with Crippen molar-refractivity contribution in [3.8, 4) is 0 Å². The van der Waals surface area contributed by atoms with E-state index in [9.17, 15) is 13.9 Å². The van der Waals surface area contributed by atoms with Crippen molar-refractivity contribution in [1.82, 2.24) is 14.6 Å². The zero-order valence-electron chi connectivity index (χ0n) is 15.6. The monoisotopic (exact) mass is 394 g/mol. The van der Waals surface area contributed by atoms with E-state index in [4.69, 9.17) is 9.47 Å². The highest BCUT2D eigenvalue weighted by atomic mass is 19.3. The summed E-state index contributed by atoms with van der Waals surface area (Å²) in [5.74, 6) is -3.03. The number of hydrogen-bond donors (Lipinski definition) is 1. The number of nitrogens with zero attached hydrogens (tertiary/aromatic N) is 6. The van der Waals surface area contributed by atoms with Crippen LogP contribution in [0.2, 0.25) is 0 Å². The molecule has 0 radical (unpaired) electrons. The Morgan fingerprint density at radius 1 is 1.39 bits per heavy atom. The normalized spacial score (nSPS) is 20.3. The van der Waals surface area contributed by atoms with E-state index in [1.165, 1.54) is 29.8 Å². The SMILES string of the molecule is C=N/C(=N\C(OC)=C(/C)c1cc(N2C[C@H](O)C(F)(F)C2)c2nccn2n1)OC. The quantitative estimate of drug-likeness (QED) is 0.481. The van der Waals surface area contributed by atoms with Crippen molar-refractivity contribution in [1.29, 1.82) is 0 Å². The number of alkyl halides is 2. The largest absolute Gasteiger partial charge is 0.481 e. The van der Waals surface area contributed by atoms with E-state index in [-0.39, 0.29) is 18.4 Å². The number of halogens is 2. The van der Waals surface area contributed by atoms with E-state index in [1.54, 1.807) is 19.2 Å². The molecule has 2 aromatic rings. The van der Waals surface area contributed by atoms with Gasteiger partial charge < -0.3 is 19.5 Å². The number of aliphatic imine (C=N–C) groups is 2. The Balaban J connectivity index is 2.12. The Morgan fingerprint density at radius 3 is 2.71 bits per heavy atom. The second kappa shape index (κ2) is 7.50. The fourth-order valence-corrected chi connectivity index (χ4v) is 2.89. The molecule has 0 saturated carbocycles. The molecule has 3 heterocycles. The first-order valence-corrected chi connectivity index (χ1v) is 8.30. The molecule has 9 nitrogen and oxygen atoms in total. The topological polar surface area (TPSA) is 96.8 Å². The minimum Gasteiger partial charge on any atom is -0.481 e. The smallest absolute Gasteiger partial charge is 0.318 e. The maximum Gasteiger partial charge on any atom is 0.318 e. The maximum atomic E-state index is 13.9. The van der Waals surface area contributed by atoms with E-state index in [2.05, 4.69) is 26.8 Å². The molecule has 11 heteroatoms. The van der Waals surface area contributed by atoms with Crippen LogP contribution in [0.1, 0.15) is 12.6 Å². The number of aliphatic hydroxyl groups excluding tert-OH is 1. The summed E-state index contributed by atoms with van der Waals surface area (Å²) in [6, 6.07) is 1.61. The Bertz CT molecular complexity index is 956. The van der Waals surface area contributed by atoms with Crippen LogP contribution >= 0.6 is 0 Å². The molecular formula is C17H20F2N6O3. The standard InChI is InChI=1S/C17H20F2N6O3/c1-10(15(27-3)22-16(20-2)28-4)11-7-12(14-21-5-6-25(14)23-11)24-8-13(26)17(18,19)9-24/h5-7,13,26H,2,8-9H2,1,3-4H3/b15-10-,22-16+/t13-/m0/s1. The van der Waals surface area contributed by atoms with Gasteiger partial charge in [-0.25, -0.2) is 23.3 Å². The summed E-state index contributed by atoms with van der Waals surface area (Å²) in [7, 11) is 2.82. The number of methoxy groups -OCH3 is 2. The number of aliphatic hydroxyl groups is 1. The Hall–Kier alpha value is -3.08. The molecule has 0 unspecified atom stereocenters. The molecule has 0 aliphatic carbocycles. The first-order valence-electron chi connectivity index (χ1n) is 8.30. The number of amidine groups is 1. The van der Waals surface area contributed by atoms with Gasteiger partial charge in [0.15, 0.2) is 5.65 Å². The van der Waals surface area contributed by atoms with Gasteiger partial charge in [0.2, 0.25) is 5.88 Å². The van der Waals surface area contributed by atoms with Crippen LogP contribution in [0.4, 0.5) is 14.5 Å². The fraction of sp³-hybridized carbons (Fsp3) is 0.412. The van der Waals surface area contributed by atoms with E-state index < -0.39 is 18.6 Å². The summed E-state index contributed by atoms with van der Waals surface area (Å²) in [5.41, 5.74) is 1.75. The average Bonchev–Trinajstić information content (AvgIpc) is 3.25. The first-order chi connectivity index (χ1) is 13.3. The zero-order valence-corrected chi connectivity index (χ0v) is 15.6. The predicted octanol–water partition coefficient (Wildman–Crippen LogP) is 1.58. The highest BCUT2D eigenvalue weighted by Crippen LogP contribution is 2.34. The third kappa shape index (κ3) is 3.52. The number of aromatic nitrogens is 3. The van der Waals surface area contributed by atoms with Gasteiger partial charge in [-0.05, 0) is 19.7 Å². The lowest BCUT2D eigenvalue weighted by Gasteiger charge is -2.19. The summed E-state index contributed by atoms with van der Waals surface area (Å²) < 4.78 is 39.4. The van der Waals surface area contributed by atoms with Gasteiger partial charge in [0.1, 0.15) is 6.10 Å². The van der Waals surface area contributed by atoms with Crippen molar-refractivity contribution in [2.75, 3.05) is 32.2 Å². The van der Waals surface area contributed by atoms with Crippen LogP contribution < -0.4 is 4.90 Å². The average molecular weight is 394 g/mol. The lowest BCUT2D eigenvalue weighted by atomic mass is 10.2. The lowest BCUT2D eigenvalue weighted by Crippen LogP contribution is -2.31. The molecule has 0 aromatic carbocycles. The minimum atomic E-state index is -3.21. The zero-order chi connectivity index (χ0) is 20.5. The first kappa shape index (κ1) is 19.7. The molecular weight excluding hydrogens is 374 g/mol. The van der Waals surface area contributed by atoms with Crippen molar-refractivity contribution < 1.29 is 23.4 Å². The van der Waals surface area contributed by atoms with Gasteiger partial charge in [0.25, 0.3) is 5.92 Å². The number of anilines is 1. The van der Waals surface area contributed by atoms with Crippen molar-refractivity contribution >= 4 is 29.6 Å². The van der Waals surface area contributed by atoms with Gasteiger partial charge in [0, 0.05) is 18.0 Å². The van der Waals surface area contributed by atoms with Crippen LogP contribution in [-0.4, -0.2) is 71.8 Å².